The number of hydrogen-bond donors (Lipinski definition) is 2. The lowest BCUT2D eigenvalue weighted by Gasteiger charge is -2.15. The van der Waals surface area contributed by atoms with E-state index in [4.69, 9.17) is 0 Å². The van der Waals surface area contributed by atoms with Crippen LogP contribution in [0.3, 0.4) is 0 Å². The number of carbonyl (C=O) groups excluding carboxylic acids is 1. The van der Waals surface area contributed by atoms with Crippen molar-refractivity contribution in [1.29, 1.82) is 0 Å². The summed E-state index contributed by atoms with van der Waals surface area (Å²) in [7, 11) is 0. The van der Waals surface area contributed by atoms with Crippen LogP contribution in [0.5, 0.6) is 0 Å². The van der Waals surface area contributed by atoms with Gasteiger partial charge in [-0.15, -0.1) is 0 Å². The molecule has 1 aromatic heterocycles. The number of aryl methyl sites for hydroxylation is 1. The largest absolute Gasteiger partial charge is 0.309 e. The molecule has 0 spiro atoms. The van der Waals surface area contributed by atoms with Crippen LogP contribution in [0.1, 0.15) is 31.2 Å². The normalized spacial score (nSPS) is 20.6. The molecule has 1 unspecified atom stereocenters. The van der Waals surface area contributed by atoms with Gasteiger partial charge in [0.05, 0.1) is 6.04 Å². The molecule has 4 heteroatoms. The molecule has 17 heavy (non-hydrogen) atoms. The Bertz CT molecular complexity index is 367. The van der Waals surface area contributed by atoms with E-state index in [-0.39, 0.29) is 11.9 Å². The molecule has 0 aliphatic carbocycles. The Balaban J connectivity index is 1.93. The zero-order valence-corrected chi connectivity index (χ0v) is 10.2. The number of nitrogens with zero attached hydrogens (tertiary/aromatic N) is 1. The van der Waals surface area contributed by atoms with Gasteiger partial charge in [0, 0.05) is 6.20 Å². The van der Waals surface area contributed by atoms with Gasteiger partial charge in [-0.1, -0.05) is 18.9 Å². The van der Waals surface area contributed by atoms with Crippen molar-refractivity contribution in [1.82, 2.24) is 10.3 Å². The molecule has 4 nitrogen and oxygen atoms in total. The molecule has 0 bridgehead atoms. The summed E-state index contributed by atoms with van der Waals surface area (Å²) in [5.41, 5.74) is 1.09. The maximum absolute atomic E-state index is 12.0. The second-order valence-electron chi connectivity index (χ2n) is 4.57. The van der Waals surface area contributed by atoms with E-state index < -0.39 is 0 Å². The lowest BCUT2D eigenvalue weighted by Crippen LogP contribution is -2.40. The first-order valence-electron chi connectivity index (χ1n) is 6.22. The smallest absolute Gasteiger partial charge is 0.242 e. The Kier molecular flexibility index (Phi) is 4.09. The lowest BCUT2D eigenvalue weighted by atomic mass is 10.1. The SMILES string of the molecule is Cc1ccc(NC(=O)C2CCCCCN2)nc1. The average Bonchev–Trinajstić information content (AvgIpc) is 2.61. The Hall–Kier alpha value is -1.42. The van der Waals surface area contributed by atoms with Gasteiger partial charge < -0.3 is 10.6 Å². The maximum atomic E-state index is 12.0. The molecule has 1 amide bonds. The molecule has 92 valence electrons. The number of pyridine rings is 1. The molecule has 1 aromatic rings. The third-order valence-corrected chi connectivity index (χ3v) is 3.04. The van der Waals surface area contributed by atoms with Gasteiger partial charge in [0.25, 0.3) is 0 Å². The highest BCUT2D eigenvalue weighted by molar-refractivity contribution is 5.94. The first kappa shape index (κ1) is 12.0. The van der Waals surface area contributed by atoms with Crippen LogP contribution < -0.4 is 10.6 Å². The van der Waals surface area contributed by atoms with Crippen LogP contribution in [-0.2, 0) is 4.79 Å². The quantitative estimate of drug-likeness (QED) is 0.819. The van der Waals surface area contributed by atoms with Gasteiger partial charge in [0.1, 0.15) is 5.82 Å². The van der Waals surface area contributed by atoms with Crippen molar-refractivity contribution in [2.24, 2.45) is 0 Å². The highest BCUT2D eigenvalue weighted by Crippen LogP contribution is 2.11. The van der Waals surface area contributed by atoms with E-state index in [0.29, 0.717) is 5.82 Å². The van der Waals surface area contributed by atoms with Gasteiger partial charge in [-0.05, 0) is 37.9 Å². The van der Waals surface area contributed by atoms with Crippen molar-refractivity contribution in [3.05, 3.63) is 23.9 Å². The molecule has 1 fully saturated rings. The number of anilines is 1. The van der Waals surface area contributed by atoms with Crippen LogP contribution in [0.2, 0.25) is 0 Å². The summed E-state index contributed by atoms with van der Waals surface area (Å²) in [6.45, 7) is 2.91. The lowest BCUT2D eigenvalue weighted by molar-refractivity contribution is -0.118. The first-order valence-corrected chi connectivity index (χ1v) is 6.22. The summed E-state index contributed by atoms with van der Waals surface area (Å²) in [5, 5.41) is 6.13. The molecule has 2 N–H and O–H groups in total. The number of nitrogens with one attached hydrogen (secondary N) is 2. The number of rotatable bonds is 2. The van der Waals surface area contributed by atoms with Crippen LogP contribution in [0.4, 0.5) is 5.82 Å². The van der Waals surface area contributed by atoms with Gasteiger partial charge in [0.15, 0.2) is 0 Å². The second-order valence-corrected chi connectivity index (χ2v) is 4.57. The minimum Gasteiger partial charge on any atom is -0.309 e. The molecule has 1 saturated heterocycles. The summed E-state index contributed by atoms with van der Waals surface area (Å²) in [4.78, 5) is 16.2. The number of hydrogen-bond acceptors (Lipinski definition) is 3. The van der Waals surface area contributed by atoms with E-state index in [0.717, 1.165) is 31.4 Å². The fourth-order valence-corrected chi connectivity index (χ4v) is 2.01. The van der Waals surface area contributed by atoms with Gasteiger partial charge in [-0.3, -0.25) is 4.79 Å². The van der Waals surface area contributed by atoms with Crippen LogP contribution in [0.25, 0.3) is 0 Å². The molecule has 2 heterocycles. The monoisotopic (exact) mass is 233 g/mol. The minimum atomic E-state index is -0.0689. The molecular weight excluding hydrogens is 214 g/mol. The molecule has 0 aromatic carbocycles. The van der Waals surface area contributed by atoms with Gasteiger partial charge in [-0.25, -0.2) is 4.98 Å². The second kappa shape index (κ2) is 5.77. The van der Waals surface area contributed by atoms with Crippen LogP contribution >= 0.6 is 0 Å². The van der Waals surface area contributed by atoms with Crippen molar-refractivity contribution in [2.45, 2.75) is 38.6 Å². The molecular formula is C13H19N3O. The van der Waals surface area contributed by atoms with Crippen molar-refractivity contribution in [3.8, 4) is 0 Å². The van der Waals surface area contributed by atoms with Crippen molar-refractivity contribution >= 4 is 11.7 Å². The summed E-state index contributed by atoms with van der Waals surface area (Å²) in [6.07, 6.45) is 6.16. The highest BCUT2D eigenvalue weighted by atomic mass is 16.2. The maximum Gasteiger partial charge on any atom is 0.242 e. The van der Waals surface area contributed by atoms with E-state index in [1.807, 2.05) is 19.1 Å². The highest BCUT2D eigenvalue weighted by Gasteiger charge is 2.19. The third kappa shape index (κ3) is 3.53. The number of amides is 1. The van der Waals surface area contributed by atoms with Crippen molar-refractivity contribution < 1.29 is 4.79 Å². The average molecular weight is 233 g/mol. The van der Waals surface area contributed by atoms with Crippen LogP contribution in [0, 0.1) is 6.92 Å². The first-order chi connectivity index (χ1) is 8.25. The van der Waals surface area contributed by atoms with Gasteiger partial charge >= 0.3 is 0 Å². The summed E-state index contributed by atoms with van der Waals surface area (Å²) in [6, 6.07) is 3.72. The van der Waals surface area contributed by atoms with Gasteiger partial charge in [-0.2, -0.15) is 0 Å². The van der Waals surface area contributed by atoms with E-state index in [9.17, 15) is 4.79 Å². The fourth-order valence-electron chi connectivity index (χ4n) is 2.01. The standard InChI is InChI=1S/C13H19N3O/c1-10-6-7-12(15-9-10)16-13(17)11-5-3-2-4-8-14-11/h6-7,9,11,14H,2-5,8H2,1H3,(H,15,16,17). The predicted octanol–water partition coefficient (Wildman–Crippen LogP) is 1.86. The summed E-state index contributed by atoms with van der Waals surface area (Å²) in [5.74, 6) is 0.662. The molecule has 1 atom stereocenters. The molecule has 0 saturated carbocycles. The topological polar surface area (TPSA) is 54.0 Å². The van der Waals surface area contributed by atoms with Crippen LogP contribution in [0.15, 0.2) is 18.3 Å². The number of aromatic nitrogens is 1. The van der Waals surface area contributed by atoms with Crippen molar-refractivity contribution in [2.75, 3.05) is 11.9 Å². The Labute approximate surface area is 102 Å². The third-order valence-electron chi connectivity index (χ3n) is 3.04. The predicted molar refractivity (Wildman–Crippen MR) is 67.9 cm³/mol. The molecule has 1 aliphatic heterocycles. The summed E-state index contributed by atoms with van der Waals surface area (Å²) < 4.78 is 0. The Morgan fingerprint density at radius 3 is 3.06 bits per heavy atom. The summed E-state index contributed by atoms with van der Waals surface area (Å²) >= 11 is 0. The van der Waals surface area contributed by atoms with E-state index in [1.54, 1.807) is 6.20 Å². The van der Waals surface area contributed by atoms with E-state index >= 15 is 0 Å². The Morgan fingerprint density at radius 1 is 1.41 bits per heavy atom. The van der Waals surface area contributed by atoms with E-state index in [1.165, 1.54) is 6.42 Å². The van der Waals surface area contributed by atoms with Crippen molar-refractivity contribution in [3.63, 3.8) is 0 Å². The fraction of sp³-hybridized carbons (Fsp3) is 0.538. The van der Waals surface area contributed by atoms with Gasteiger partial charge in [0.2, 0.25) is 5.91 Å². The molecule has 1 aliphatic rings. The number of carbonyl (C=O) groups is 1. The minimum absolute atomic E-state index is 0.0308. The Morgan fingerprint density at radius 2 is 2.29 bits per heavy atom. The molecule has 0 radical (unpaired) electrons. The van der Waals surface area contributed by atoms with Crippen LogP contribution in [-0.4, -0.2) is 23.5 Å². The zero-order chi connectivity index (χ0) is 12.1. The molecule has 2 rings (SSSR count). The zero-order valence-electron chi connectivity index (χ0n) is 10.2. The van der Waals surface area contributed by atoms with E-state index in [2.05, 4.69) is 15.6 Å².